The Kier molecular flexibility index (Phi) is 8.99. The molecule has 2 N–H and O–H groups in total. The highest BCUT2D eigenvalue weighted by molar-refractivity contribution is 5.15. The molecule has 0 aliphatic heterocycles. The van der Waals surface area contributed by atoms with E-state index in [-0.39, 0.29) is 17.6 Å². The summed E-state index contributed by atoms with van der Waals surface area (Å²) in [7, 11) is 0. The van der Waals surface area contributed by atoms with Crippen molar-refractivity contribution in [2.24, 2.45) is 92.7 Å². The summed E-state index contributed by atoms with van der Waals surface area (Å²) >= 11 is 0. The molecule has 0 aromatic carbocycles. The van der Waals surface area contributed by atoms with Crippen LogP contribution in [-0.4, -0.2) is 22.4 Å². The second-order valence-electron chi connectivity index (χ2n) is 19.9. The number of hydrogen-bond donors (Lipinski definition) is 2. The summed E-state index contributed by atoms with van der Waals surface area (Å²) in [5, 5.41) is 40.1. The van der Waals surface area contributed by atoms with Gasteiger partial charge in [-0.2, -0.15) is 10.5 Å². The smallest absolute Gasteiger partial charge is 0.0661 e. The molecule has 0 unspecified atom stereocenters. The largest absolute Gasteiger partial charge is 0.393 e. The molecule has 8 aliphatic carbocycles. The first-order valence-electron chi connectivity index (χ1n) is 20.5. The Balaban J connectivity index is 0.000000150. The molecule has 0 amide bonds. The Bertz CT molecular complexity index is 1250. The molecular weight excluding hydrogens is 576 g/mol. The zero-order chi connectivity index (χ0) is 33.5. The molecule has 4 heteroatoms. The van der Waals surface area contributed by atoms with E-state index in [2.05, 4.69) is 53.7 Å². The van der Waals surface area contributed by atoms with Crippen LogP contribution in [0.3, 0.4) is 0 Å². The Morgan fingerprint density at radius 3 is 1.40 bits per heavy atom. The standard InChI is InChI=1S/C22H35NO.C21H33NO/c1-4-15-17-8-6-16-18-7-5-14(13-23)21(18,2)11-9-19(16)22(17,3)12-10-20(15)24;1-13-16-7-5-15-17-6-4-14(12-22)20(17,2)10-8-18(15)21(16,3)11-9-19(13)23/h14-20,24H,4-12H2,1-3H3;13-19,23H,4-11H2,1-3H3/t14-,15-,16+,17+,18+,19+,20-,21-,22+;13-,14-,15+,16+,17+,18+,19-,20-,21+/m11/s1. The lowest BCUT2D eigenvalue weighted by Crippen LogP contribution is -2.56. The van der Waals surface area contributed by atoms with Gasteiger partial charge in [0, 0.05) is 0 Å². The van der Waals surface area contributed by atoms with Crippen LogP contribution < -0.4 is 0 Å². The summed E-state index contributed by atoms with van der Waals surface area (Å²) in [6.45, 7) is 14.6. The Morgan fingerprint density at radius 1 is 0.511 bits per heavy atom. The van der Waals surface area contributed by atoms with Crippen molar-refractivity contribution in [3.63, 3.8) is 0 Å². The summed E-state index contributed by atoms with van der Waals surface area (Å²) in [4.78, 5) is 0. The van der Waals surface area contributed by atoms with E-state index in [1.54, 1.807) is 0 Å². The third-order valence-corrected chi connectivity index (χ3v) is 18.9. The molecule has 47 heavy (non-hydrogen) atoms. The first kappa shape index (κ1) is 34.4. The van der Waals surface area contributed by atoms with E-state index in [1.807, 2.05) is 0 Å². The van der Waals surface area contributed by atoms with Crippen LogP contribution in [0.25, 0.3) is 0 Å². The monoisotopic (exact) mass is 645 g/mol. The molecule has 8 aliphatic rings. The van der Waals surface area contributed by atoms with E-state index >= 15 is 0 Å². The van der Waals surface area contributed by atoms with Crippen LogP contribution in [0.2, 0.25) is 0 Å². The first-order chi connectivity index (χ1) is 22.4. The molecule has 8 rings (SSSR count). The molecule has 0 radical (unpaired) electrons. The molecule has 0 aromatic rings. The fraction of sp³-hybridized carbons (Fsp3) is 0.953. The molecular formula is C43H68N2O2. The highest BCUT2D eigenvalue weighted by Crippen LogP contribution is 2.69. The van der Waals surface area contributed by atoms with Gasteiger partial charge in [0.2, 0.25) is 0 Å². The van der Waals surface area contributed by atoms with Crippen LogP contribution in [0.5, 0.6) is 0 Å². The molecule has 262 valence electrons. The number of hydrogen-bond acceptors (Lipinski definition) is 4. The van der Waals surface area contributed by atoms with E-state index in [0.717, 1.165) is 73.5 Å². The van der Waals surface area contributed by atoms with Crippen molar-refractivity contribution in [1.82, 2.24) is 0 Å². The summed E-state index contributed by atoms with van der Waals surface area (Å²) < 4.78 is 0. The van der Waals surface area contributed by atoms with Gasteiger partial charge in [0.15, 0.2) is 0 Å². The zero-order valence-corrected chi connectivity index (χ0v) is 30.9. The van der Waals surface area contributed by atoms with Crippen LogP contribution in [0.1, 0.15) is 151 Å². The normalized spacial score (nSPS) is 57.7. The van der Waals surface area contributed by atoms with Gasteiger partial charge in [-0.15, -0.1) is 0 Å². The average molecular weight is 645 g/mol. The quantitative estimate of drug-likeness (QED) is 0.297. The second kappa shape index (κ2) is 12.3. The van der Waals surface area contributed by atoms with Gasteiger partial charge in [0.1, 0.15) is 0 Å². The van der Waals surface area contributed by atoms with Gasteiger partial charge >= 0.3 is 0 Å². The third kappa shape index (κ3) is 4.97. The lowest BCUT2D eigenvalue weighted by Gasteiger charge is -2.62. The van der Waals surface area contributed by atoms with Crippen molar-refractivity contribution in [3.8, 4) is 12.1 Å². The molecule has 0 aromatic heterocycles. The summed E-state index contributed by atoms with van der Waals surface area (Å²) in [5.41, 5.74) is 1.46. The minimum absolute atomic E-state index is 0.0621. The van der Waals surface area contributed by atoms with Gasteiger partial charge in [-0.05, 0) is 184 Å². The highest BCUT2D eigenvalue weighted by atomic mass is 16.3. The molecule has 8 saturated carbocycles. The molecule has 4 nitrogen and oxygen atoms in total. The maximum absolute atomic E-state index is 10.5. The van der Waals surface area contributed by atoms with E-state index < -0.39 is 0 Å². The number of aliphatic hydroxyl groups excluding tert-OH is 2. The predicted octanol–water partition coefficient (Wildman–Crippen LogP) is 9.94. The van der Waals surface area contributed by atoms with Gasteiger partial charge in [0.05, 0.1) is 36.2 Å². The van der Waals surface area contributed by atoms with Crippen molar-refractivity contribution < 1.29 is 10.2 Å². The molecule has 8 fully saturated rings. The minimum atomic E-state index is -0.0760. The second-order valence-corrected chi connectivity index (χ2v) is 19.9. The summed E-state index contributed by atoms with van der Waals surface area (Å²) in [6.07, 6.45) is 20.8. The lowest BCUT2D eigenvalue weighted by atomic mass is 9.43. The van der Waals surface area contributed by atoms with Crippen molar-refractivity contribution in [3.05, 3.63) is 0 Å². The zero-order valence-electron chi connectivity index (χ0n) is 30.9. The van der Waals surface area contributed by atoms with Gasteiger partial charge in [-0.25, -0.2) is 0 Å². The molecule has 0 spiro atoms. The lowest BCUT2D eigenvalue weighted by molar-refractivity contribution is -0.149. The fourth-order valence-electron chi connectivity index (χ4n) is 16.2. The number of rotatable bonds is 1. The van der Waals surface area contributed by atoms with Crippen LogP contribution in [-0.2, 0) is 0 Å². The molecule has 0 heterocycles. The molecule has 18 atom stereocenters. The fourth-order valence-corrected chi connectivity index (χ4v) is 16.2. The summed E-state index contributed by atoms with van der Waals surface area (Å²) in [6, 6.07) is 5.30. The maximum Gasteiger partial charge on any atom is 0.0661 e. The van der Waals surface area contributed by atoms with Gasteiger partial charge in [-0.3, -0.25) is 0 Å². The van der Waals surface area contributed by atoms with Gasteiger partial charge in [-0.1, -0.05) is 48.0 Å². The van der Waals surface area contributed by atoms with Crippen molar-refractivity contribution in [2.45, 2.75) is 163 Å². The highest BCUT2D eigenvalue weighted by Gasteiger charge is 2.63. The third-order valence-electron chi connectivity index (χ3n) is 18.9. The average Bonchev–Trinajstić information content (AvgIpc) is 3.59. The first-order valence-corrected chi connectivity index (χ1v) is 20.5. The van der Waals surface area contributed by atoms with Crippen molar-refractivity contribution >= 4 is 0 Å². The van der Waals surface area contributed by atoms with Crippen LogP contribution >= 0.6 is 0 Å². The van der Waals surface area contributed by atoms with E-state index in [4.69, 9.17) is 0 Å². The van der Waals surface area contributed by atoms with E-state index in [1.165, 1.54) is 77.0 Å². The number of fused-ring (bicyclic) bond motifs is 10. The Labute approximate surface area is 287 Å². The Hall–Kier alpha value is -1.10. The van der Waals surface area contributed by atoms with Crippen molar-refractivity contribution in [1.29, 1.82) is 10.5 Å². The summed E-state index contributed by atoms with van der Waals surface area (Å²) in [5.74, 6) is 7.96. The molecule has 0 saturated heterocycles. The maximum atomic E-state index is 10.5. The van der Waals surface area contributed by atoms with Crippen LogP contribution in [0.15, 0.2) is 0 Å². The van der Waals surface area contributed by atoms with Crippen molar-refractivity contribution in [2.75, 3.05) is 0 Å². The van der Waals surface area contributed by atoms with Gasteiger partial charge in [0.25, 0.3) is 0 Å². The minimum Gasteiger partial charge on any atom is -0.393 e. The molecule has 0 bridgehead atoms. The van der Waals surface area contributed by atoms with Crippen LogP contribution in [0.4, 0.5) is 0 Å². The Morgan fingerprint density at radius 2 is 0.915 bits per heavy atom. The van der Waals surface area contributed by atoms with E-state index in [9.17, 15) is 20.7 Å². The topological polar surface area (TPSA) is 88.0 Å². The number of aliphatic hydroxyl groups is 2. The van der Waals surface area contributed by atoms with Gasteiger partial charge < -0.3 is 10.2 Å². The SMILES string of the molecule is CC[C@H]1[C@H](O)CC[C@]2(C)[C@H]3CC[C@]4(C)[C@@H](C#N)CC[C@H]4[C@@H]3CC[C@@H]12.C[C@H]1[C@H](O)CC[C@@]2(C)[C@H]1CC[C@@H]1[C@@H]2CC[C@]2(C)[C@@H](C#N)CC[C@@H]12. The predicted molar refractivity (Wildman–Crippen MR) is 187 cm³/mol. The van der Waals surface area contributed by atoms with E-state index in [0.29, 0.717) is 45.8 Å². The number of nitriles is 2. The van der Waals surface area contributed by atoms with Crippen LogP contribution in [0, 0.1) is 115 Å². The number of nitrogens with zero attached hydrogens (tertiary/aromatic N) is 2.